The maximum absolute atomic E-state index is 13.9. The van der Waals surface area contributed by atoms with E-state index in [-0.39, 0.29) is 17.6 Å². The number of anilines is 1. The zero-order valence-corrected chi connectivity index (χ0v) is 11.1. The number of halogens is 3. The molecule has 94 valence electrons. The molecule has 1 nitrogen and oxygen atoms in total. The van der Waals surface area contributed by atoms with Gasteiger partial charge in [0, 0.05) is 24.7 Å². The number of benzene rings is 1. The highest BCUT2D eigenvalue weighted by Crippen LogP contribution is 2.30. The molecule has 0 spiro atoms. The smallest absolute Gasteiger partial charge is 0.149 e. The average molecular weight is 278 g/mol. The van der Waals surface area contributed by atoms with Gasteiger partial charge in [0.15, 0.2) is 0 Å². The van der Waals surface area contributed by atoms with Crippen molar-refractivity contribution in [1.29, 1.82) is 0 Å². The van der Waals surface area contributed by atoms with Gasteiger partial charge in [-0.15, -0.1) is 11.6 Å². The Labute approximate surface area is 109 Å². The molecule has 5 heteroatoms. The Bertz CT molecular complexity index is 384. The molecule has 1 aromatic rings. The Morgan fingerprint density at radius 1 is 1.41 bits per heavy atom. The molecule has 0 aromatic heterocycles. The van der Waals surface area contributed by atoms with Gasteiger partial charge >= 0.3 is 0 Å². The van der Waals surface area contributed by atoms with Crippen LogP contribution in [0.15, 0.2) is 12.1 Å². The second kappa shape index (κ2) is 5.44. The Kier molecular flexibility index (Phi) is 4.15. The summed E-state index contributed by atoms with van der Waals surface area (Å²) in [5, 5.41) is 0. The van der Waals surface area contributed by atoms with Crippen LogP contribution in [0.25, 0.3) is 0 Å². The summed E-state index contributed by atoms with van der Waals surface area (Å²) >= 11 is 7.40. The Morgan fingerprint density at radius 3 is 2.53 bits per heavy atom. The first-order valence-electron chi connectivity index (χ1n) is 5.48. The highest BCUT2D eigenvalue weighted by molar-refractivity contribution is 7.99. The monoisotopic (exact) mass is 277 g/mol. The third-order valence-corrected chi connectivity index (χ3v) is 4.49. The maximum Gasteiger partial charge on any atom is 0.149 e. The summed E-state index contributed by atoms with van der Waals surface area (Å²) in [4.78, 5) is 1.71. The highest BCUT2D eigenvalue weighted by Gasteiger charge is 2.24. The number of rotatable bonds is 3. The minimum absolute atomic E-state index is 0.0615. The lowest BCUT2D eigenvalue weighted by Gasteiger charge is -2.27. The van der Waals surface area contributed by atoms with Gasteiger partial charge in [-0.3, -0.25) is 0 Å². The van der Waals surface area contributed by atoms with E-state index < -0.39 is 11.6 Å². The van der Waals surface area contributed by atoms with Gasteiger partial charge in [-0.2, -0.15) is 11.8 Å². The maximum atomic E-state index is 13.9. The molecular weight excluding hydrogens is 264 g/mol. The van der Waals surface area contributed by atoms with Crippen LogP contribution >= 0.6 is 23.4 Å². The molecule has 0 saturated carbocycles. The second-order valence-corrected chi connectivity index (χ2v) is 5.59. The topological polar surface area (TPSA) is 3.24 Å². The quantitative estimate of drug-likeness (QED) is 0.776. The third kappa shape index (κ3) is 2.68. The third-order valence-electron chi connectivity index (χ3n) is 3.04. The van der Waals surface area contributed by atoms with Crippen LogP contribution in [-0.2, 0) is 5.88 Å². The van der Waals surface area contributed by atoms with Crippen LogP contribution in [0, 0.1) is 11.6 Å². The minimum atomic E-state index is -0.528. The molecular formula is C12H14ClF2NS. The lowest BCUT2D eigenvalue weighted by atomic mass is 10.1. The van der Waals surface area contributed by atoms with Crippen LogP contribution in [0.5, 0.6) is 0 Å². The van der Waals surface area contributed by atoms with Gasteiger partial charge in [0.1, 0.15) is 17.3 Å². The highest BCUT2D eigenvalue weighted by atomic mass is 35.5. The van der Waals surface area contributed by atoms with Crippen LogP contribution in [0.4, 0.5) is 14.5 Å². The van der Waals surface area contributed by atoms with Crippen LogP contribution in [-0.4, -0.2) is 24.6 Å². The van der Waals surface area contributed by atoms with Crippen molar-refractivity contribution in [1.82, 2.24) is 0 Å². The van der Waals surface area contributed by atoms with E-state index >= 15 is 0 Å². The molecule has 0 radical (unpaired) electrons. The molecule has 1 saturated heterocycles. The first-order valence-corrected chi connectivity index (χ1v) is 7.17. The average Bonchev–Trinajstić information content (AvgIpc) is 2.81. The van der Waals surface area contributed by atoms with Gasteiger partial charge < -0.3 is 4.90 Å². The first-order chi connectivity index (χ1) is 8.13. The lowest BCUT2D eigenvalue weighted by molar-refractivity contribution is 0.561. The fraction of sp³-hybridized carbons (Fsp3) is 0.500. The molecule has 1 aliphatic rings. The molecule has 1 heterocycles. The van der Waals surface area contributed by atoms with Crippen LogP contribution < -0.4 is 4.90 Å². The summed E-state index contributed by atoms with van der Waals surface area (Å²) in [6, 6.07) is 2.83. The van der Waals surface area contributed by atoms with Crippen LogP contribution in [0.2, 0.25) is 0 Å². The number of hydrogen-bond donors (Lipinski definition) is 0. The SMILES string of the molecule is CN(c1c(F)cc(CCl)cc1F)C1CCSC1. The predicted molar refractivity (Wildman–Crippen MR) is 70.0 cm³/mol. The molecule has 1 unspecified atom stereocenters. The molecule has 1 atom stereocenters. The van der Waals surface area contributed by atoms with E-state index in [0.29, 0.717) is 5.56 Å². The molecule has 0 aliphatic carbocycles. The Morgan fingerprint density at radius 2 is 2.06 bits per heavy atom. The molecule has 0 N–H and O–H groups in total. The van der Waals surface area contributed by atoms with E-state index in [0.717, 1.165) is 17.9 Å². The Balaban J connectivity index is 2.30. The number of hydrogen-bond acceptors (Lipinski definition) is 2. The van der Waals surface area contributed by atoms with Crippen molar-refractivity contribution in [2.75, 3.05) is 23.5 Å². The normalized spacial score (nSPS) is 19.6. The van der Waals surface area contributed by atoms with Crippen LogP contribution in [0.3, 0.4) is 0 Å². The predicted octanol–water partition coefficient (Wildman–Crippen LogP) is 3.65. The van der Waals surface area contributed by atoms with Crippen molar-refractivity contribution in [2.24, 2.45) is 0 Å². The molecule has 1 fully saturated rings. The summed E-state index contributed by atoms with van der Waals surface area (Å²) < 4.78 is 27.7. The standard InChI is InChI=1S/C12H14ClF2NS/c1-16(9-2-3-17-7-9)12-10(14)4-8(6-13)5-11(12)15/h4-5,9H,2-3,6-7H2,1H3. The number of thioether (sulfide) groups is 1. The van der Waals surface area contributed by atoms with E-state index in [1.807, 2.05) is 11.8 Å². The van der Waals surface area contributed by atoms with Crippen molar-refractivity contribution in [3.05, 3.63) is 29.3 Å². The molecule has 1 aliphatic heterocycles. The second-order valence-electron chi connectivity index (χ2n) is 4.17. The largest absolute Gasteiger partial charge is 0.366 e. The van der Waals surface area contributed by atoms with Gasteiger partial charge in [-0.1, -0.05) is 0 Å². The molecule has 1 aromatic carbocycles. The fourth-order valence-electron chi connectivity index (χ4n) is 2.04. The van der Waals surface area contributed by atoms with E-state index in [4.69, 9.17) is 11.6 Å². The van der Waals surface area contributed by atoms with Gasteiger partial charge in [0.05, 0.1) is 0 Å². The van der Waals surface area contributed by atoms with Crippen molar-refractivity contribution < 1.29 is 8.78 Å². The zero-order chi connectivity index (χ0) is 12.4. The van der Waals surface area contributed by atoms with Crippen LogP contribution in [0.1, 0.15) is 12.0 Å². The van der Waals surface area contributed by atoms with Gasteiger partial charge in [-0.05, 0) is 29.9 Å². The molecule has 0 amide bonds. The van der Waals surface area contributed by atoms with E-state index in [1.54, 1.807) is 11.9 Å². The van der Waals surface area contributed by atoms with Crippen molar-refractivity contribution in [2.45, 2.75) is 18.3 Å². The summed E-state index contributed by atoms with van der Waals surface area (Å²) in [5.74, 6) is 1.04. The summed E-state index contributed by atoms with van der Waals surface area (Å²) in [5.41, 5.74) is 0.533. The Hall–Kier alpha value is -0.480. The molecule has 0 bridgehead atoms. The van der Waals surface area contributed by atoms with Crippen molar-refractivity contribution in [3.63, 3.8) is 0 Å². The van der Waals surface area contributed by atoms with E-state index in [1.165, 1.54) is 12.1 Å². The summed E-state index contributed by atoms with van der Waals surface area (Å²) in [7, 11) is 1.75. The van der Waals surface area contributed by atoms with E-state index in [2.05, 4.69) is 0 Å². The minimum Gasteiger partial charge on any atom is -0.366 e. The number of alkyl halides is 1. The van der Waals surface area contributed by atoms with Gasteiger partial charge in [-0.25, -0.2) is 8.78 Å². The zero-order valence-electron chi connectivity index (χ0n) is 9.55. The molecule has 2 rings (SSSR count). The van der Waals surface area contributed by atoms with Gasteiger partial charge in [0.25, 0.3) is 0 Å². The lowest BCUT2D eigenvalue weighted by Crippen LogP contribution is -2.32. The number of nitrogens with zero attached hydrogens (tertiary/aromatic N) is 1. The fourth-order valence-corrected chi connectivity index (χ4v) is 3.46. The summed E-state index contributed by atoms with van der Waals surface area (Å²) in [6.45, 7) is 0. The van der Waals surface area contributed by atoms with Crippen molar-refractivity contribution in [3.8, 4) is 0 Å². The molecule has 17 heavy (non-hydrogen) atoms. The van der Waals surface area contributed by atoms with Crippen molar-refractivity contribution >= 4 is 29.1 Å². The summed E-state index contributed by atoms with van der Waals surface area (Å²) in [6.07, 6.45) is 0.970. The first kappa shape index (κ1) is 13.0. The van der Waals surface area contributed by atoms with E-state index in [9.17, 15) is 8.78 Å². The van der Waals surface area contributed by atoms with Gasteiger partial charge in [0.2, 0.25) is 0 Å².